The molecule has 1 aromatic heterocycles. The number of benzene rings is 1. The SMILES string of the molecule is COCCOCc1nc2ccccc2s1. The first-order valence-corrected chi connectivity index (χ1v) is 5.63. The van der Waals surface area contributed by atoms with Crippen LogP contribution in [-0.2, 0) is 16.1 Å². The van der Waals surface area contributed by atoms with Crippen LogP contribution < -0.4 is 0 Å². The van der Waals surface area contributed by atoms with Gasteiger partial charge in [0.05, 0.1) is 30.0 Å². The number of para-hydroxylation sites is 1. The number of ether oxygens (including phenoxy) is 2. The minimum atomic E-state index is 0.572. The summed E-state index contributed by atoms with van der Waals surface area (Å²) < 4.78 is 11.5. The lowest BCUT2D eigenvalue weighted by atomic mass is 10.3. The molecule has 3 nitrogen and oxygen atoms in total. The molecule has 0 amide bonds. The summed E-state index contributed by atoms with van der Waals surface area (Å²) in [5.41, 5.74) is 1.05. The van der Waals surface area contributed by atoms with Crippen molar-refractivity contribution < 1.29 is 9.47 Å². The zero-order valence-corrected chi connectivity index (χ0v) is 9.42. The van der Waals surface area contributed by atoms with Gasteiger partial charge in [-0.05, 0) is 12.1 Å². The highest BCUT2D eigenvalue weighted by molar-refractivity contribution is 7.18. The second kappa shape index (κ2) is 5.21. The van der Waals surface area contributed by atoms with Crippen molar-refractivity contribution in [3.05, 3.63) is 29.3 Å². The van der Waals surface area contributed by atoms with Gasteiger partial charge in [0.2, 0.25) is 0 Å². The highest BCUT2D eigenvalue weighted by Crippen LogP contribution is 2.21. The van der Waals surface area contributed by atoms with Crippen molar-refractivity contribution in [3.8, 4) is 0 Å². The van der Waals surface area contributed by atoms with Crippen molar-refractivity contribution in [2.24, 2.45) is 0 Å². The van der Waals surface area contributed by atoms with Crippen LogP contribution >= 0.6 is 11.3 Å². The number of methoxy groups -OCH3 is 1. The first-order chi connectivity index (χ1) is 7.40. The molecular formula is C11H13NO2S. The summed E-state index contributed by atoms with van der Waals surface area (Å²) in [6.07, 6.45) is 0. The Bertz CT molecular complexity index is 394. The zero-order valence-electron chi connectivity index (χ0n) is 8.60. The molecule has 0 aliphatic rings. The molecule has 0 radical (unpaired) electrons. The number of nitrogens with zero attached hydrogens (tertiary/aromatic N) is 1. The van der Waals surface area contributed by atoms with Crippen LogP contribution in [0.2, 0.25) is 0 Å². The summed E-state index contributed by atoms with van der Waals surface area (Å²) in [5, 5.41) is 1.02. The molecule has 0 unspecified atom stereocenters. The van der Waals surface area contributed by atoms with Gasteiger partial charge in [0.15, 0.2) is 0 Å². The summed E-state index contributed by atoms with van der Waals surface area (Å²) in [7, 11) is 1.67. The van der Waals surface area contributed by atoms with E-state index in [2.05, 4.69) is 11.1 Å². The highest BCUT2D eigenvalue weighted by Gasteiger charge is 2.02. The fourth-order valence-electron chi connectivity index (χ4n) is 1.28. The van der Waals surface area contributed by atoms with E-state index < -0.39 is 0 Å². The average Bonchev–Trinajstić information content (AvgIpc) is 2.67. The smallest absolute Gasteiger partial charge is 0.120 e. The van der Waals surface area contributed by atoms with E-state index in [9.17, 15) is 0 Å². The third-order valence-electron chi connectivity index (χ3n) is 2.00. The van der Waals surface area contributed by atoms with E-state index in [1.54, 1.807) is 18.4 Å². The molecule has 2 aromatic rings. The molecular weight excluding hydrogens is 210 g/mol. The Kier molecular flexibility index (Phi) is 3.66. The van der Waals surface area contributed by atoms with E-state index in [1.165, 1.54) is 4.70 Å². The Hall–Kier alpha value is -0.970. The topological polar surface area (TPSA) is 31.4 Å². The maximum atomic E-state index is 5.41. The minimum absolute atomic E-state index is 0.572. The summed E-state index contributed by atoms with van der Waals surface area (Å²) in [4.78, 5) is 4.46. The Morgan fingerprint density at radius 3 is 2.93 bits per heavy atom. The molecule has 1 heterocycles. The van der Waals surface area contributed by atoms with E-state index in [1.807, 2.05) is 18.2 Å². The predicted octanol–water partition coefficient (Wildman–Crippen LogP) is 2.46. The van der Waals surface area contributed by atoms with E-state index in [0.717, 1.165) is 10.5 Å². The van der Waals surface area contributed by atoms with Gasteiger partial charge in [0.1, 0.15) is 5.01 Å². The standard InChI is InChI=1S/C11H13NO2S/c1-13-6-7-14-8-11-12-9-4-2-3-5-10(9)15-11/h2-5H,6-8H2,1H3. The molecule has 0 aliphatic heterocycles. The van der Waals surface area contributed by atoms with Crippen molar-refractivity contribution in [3.63, 3.8) is 0 Å². The number of rotatable bonds is 5. The van der Waals surface area contributed by atoms with Gasteiger partial charge >= 0.3 is 0 Å². The number of fused-ring (bicyclic) bond motifs is 1. The lowest BCUT2D eigenvalue weighted by molar-refractivity contribution is 0.0616. The van der Waals surface area contributed by atoms with Crippen LogP contribution in [0, 0.1) is 0 Å². The van der Waals surface area contributed by atoms with Gasteiger partial charge in [-0.25, -0.2) is 4.98 Å². The molecule has 1 aromatic carbocycles. The van der Waals surface area contributed by atoms with Crippen molar-refractivity contribution >= 4 is 21.6 Å². The Morgan fingerprint density at radius 1 is 1.27 bits per heavy atom. The second-order valence-electron chi connectivity index (χ2n) is 3.12. The molecule has 0 saturated carbocycles. The number of hydrogen-bond donors (Lipinski definition) is 0. The summed E-state index contributed by atoms with van der Waals surface area (Å²) in [5.74, 6) is 0. The first kappa shape index (κ1) is 10.5. The van der Waals surface area contributed by atoms with Crippen LogP contribution in [0.4, 0.5) is 0 Å². The summed E-state index contributed by atoms with van der Waals surface area (Å²) >= 11 is 1.68. The molecule has 0 bridgehead atoms. The molecule has 80 valence electrons. The molecule has 0 saturated heterocycles. The van der Waals surface area contributed by atoms with Crippen LogP contribution in [0.3, 0.4) is 0 Å². The zero-order chi connectivity index (χ0) is 10.5. The van der Waals surface area contributed by atoms with Crippen LogP contribution in [0.25, 0.3) is 10.2 Å². The minimum Gasteiger partial charge on any atom is -0.382 e. The fraction of sp³-hybridized carbons (Fsp3) is 0.364. The monoisotopic (exact) mass is 223 g/mol. The van der Waals surface area contributed by atoms with E-state index >= 15 is 0 Å². The Morgan fingerprint density at radius 2 is 2.13 bits per heavy atom. The molecule has 0 fully saturated rings. The van der Waals surface area contributed by atoms with Gasteiger partial charge in [-0.1, -0.05) is 12.1 Å². The molecule has 15 heavy (non-hydrogen) atoms. The highest BCUT2D eigenvalue weighted by atomic mass is 32.1. The number of aromatic nitrogens is 1. The van der Waals surface area contributed by atoms with Crippen LogP contribution in [0.1, 0.15) is 5.01 Å². The third-order valence-corrected chi connectivity index (χ3v) is 3.01. The van der Waals surface area contributed by atoms with Gasteiger partial charge in [-0.15, -0.1) is 11.3 Å². The van der Waals surface area contributed by atoms with Crippen LogP contribution in [0.15, 0.2) is 24.3 Å². The normalized spacial score (nSPS) is 11.0. The Labute approximate surface area is 92.7 Å². The maximum Gasteiger partial charge on any atom is 0.120 e. The lowest BCUT2D eigenvalue weighted by Crippen LogP contribution is -2.01. The Balaban J connectivity index is 1.97. The van der Waals surface area contributed by atoms with Crippen LogP contribution in [-0.4, -0.2) is 25.3 Å². The molecule has 0 N–H and O–H groups in total. The van der Waals surface area contributed by atoms with Crippen molar-refractivity contribution in [2.45, 2.75) is 6.61 Å². The van der Waals surface area contributed by atoms with Gasteiger partial charge in [-0.3, -0.25) is 0 Å². The van der Waals surface area contributed by atoms with Gasteiger partial charge in [-0.2, -0.15) is 0 Å². The number of thiazole rings is 1. The largest absolute Gasteiger partial charge is 0.382 e. The predicted molar refractivity (Wildman–Crippen MR) is 61.2 cm³/mol. The van der Waals surface area contributed by atoms with Crippen LogP contribution in [0.5, 0.6) is 0 Å². The fourth-order valence-corrected chi connectivity index (χ4v) is 2.19. The van der Waals surface area contributed by atoms with E-state index in [-0.39, 0.29) is 0 Å². The second-order valence-corrected chi connectivity index (χ2v) is 4.24. The lowest BCUT2D eigenvalue weighted by Gasteiger charge is -1.99. The van der Waals surface area contributed by atoms with Crippen molar-refractivity contribution in [1.29, 1.82) is 0 Å². The van der Waals surface area contributed by atoms with Gasteiger partial charge < -0.3 is 9.47 Å². The first-order valence-electron chi connectivity index (χ1n) is 4.81. The molecule has 0 aliphatic carbocycles. The van der Waals surface area contributed by atoms with Crippen molar-refractivity contribution in [1.82, 2.24) is 4.98 Å². The average molecular weight is 223 g/mol. The van der Waals surface area contributed by atoms with E-state index in [0.29, 0.717) is 19.8 Å². The summed E-state index contributed by atoms with van der Waals surface area (Å²) in [6.45, 7) is 1.82. The molecule has 0 atom stereocenters. The third kappa shape index (κ3) is 2.75. The van der Waals surface area contributed by atoms with Crippen molar-refractivity contribution in [2.75, 3.05) is 20.3 Å². The quantitative estimate of drug-likeness (QED) is 0.730. The molecule has 0 spiro atoms. The van der Waals surface area contributed by atoms with E-state index in [4.69, 9.17) is 9.47 Å². The van der Waals surface area contributed by atoms with Gasteiger partial charge in [0.25, 0.3) is 0 Å². The molecule has 4 heteroatoms. The van der Waals surface area contributed by atoms with Gasteiger partial charge in [0, 0.05) is 7.11 Å². The maximum absolute atomic E-state index is 5.41. The molecule has 2 rings (SSSR count). The summed E-state index contributed by atoms with van der Waals surface area (Å²) in [6, 6.07) is 8.11. The number of hydrogen-bond acceptors (Lipinski definition) is 4.